The maximum absolute atomic E-state index is 12.6. The van der Waals surface area contributed by atoms with Gasteiger partial charge in [-0.05, 0) is 32.7 Å². The average Bonchev–Trinajstić information content (AvgIpc) is 3.06. The predicted octanol–water partition coefficient (Wildman–Crippen LogP) is -0.308. The molecular formula is C12H21N5O2S. The normalized spacial score (nSPS) is 27.1. The minimum Gasteiger partial charge on any atom is -0.325 e. The summed E-state index contributed by atoms with van der Waals surface area (Å²) in [5.74, 6) is 0. The highest BCUT2D eigenvalue weighted by Crippen LogP contribution is 2.29. The summed E-state index contributed by atoms with van der Waals surface area (Å²) < 4.78 is 28.0. The molecule has 112 valence electrons. The van der Waals surface area contributed by atoms with Crippen LogP contribution < -0.4 is 10.5 Å². The summed E-state index contributed by atoms with van der Waals surface area (Å²) in [5.41, 5.74) is 6.51. The summed E-state index contributed by atoms with van der Waals surface area (Å²) in [5, 5.41) is 6.67. The maximum Gasteiger partial charge on any atom is 0.244 e. The molecule has 1 aromatic rings. The van der Waals surface area contributed by atoms with Crippen molar-refractivity contribution in [3.05, 3.63) is 11.4 Å². The van der Waals surface area contributed by atoms with E-state index in [0.717, 1.165) is 32.4 Å². The number of nitrogens with two attached hydrogens (primary N) is 1. The third kappa shape index (κ3) is 2.26. The first-order chi connectivity index (χ1) is 9.53. The Hall–Kier alpha value is -0.960. The molecule has 0 saturated carbocycles. The standard InChI is InChI=1S/C12H21N5O2S/c1-8-12(10(7-13)15-14-8)20(18,19)16-9-4-6-17-5-2-3-11(9)17/h9,11,16H,2-7,13H2,1H3,(H,14,15). The molecule has 2 saturated heterocycles. The van der Waals surface area contributed by atoms with Crippen LogP contribution in [0, 0.1) is 6.92 Å². The van der Waals surface area contributed by atoms with Crippen LogP contribution in [0.4, 0.5) is 0 Å². The van der Waals surface area contributed by atoms with Crippen molar-refractivity contribution in [2.24, 2.45) is 5.73 Å². The fourth-order valence-electron chi connectivity index (χ4n) is 3.44. The molecular weight excluding hydrogens is 278 g/mol. The molecule has 0 aromatic carbocycles. The van der Waals surface area contributed by atoms with Crippen molar-refractivity contribution in [2.75, 3.05) is 13.1 Å². The lowest BCUT2D eigenvalue weighted by atomic mass is 10.1. The molecule has 4 N–H and O–H groups in total. The smallest absolute Gasteiger partial charge is 0.244 e. The Morgan fingerprint density at radius 1 is 1.45 bits per heavy atom. The highest BCUT2D eigenvalue weighted by atomic mass is 32.2. The largest absolute Gasteiger partial charge is 0.325 e. The summed E-state index contributed by atoms with van der Waals surface area (Å²) >= 11 is 0. The second-order valence-electron chi connectivity index (χ2n) is 5.59. The van der Waals surface area contributed by atoms with Crippen LogP contribution in [0.1, 0.15) is 30.7 Å². The van der Waals surface area contributed by atoms with E-state index in [0.29, 0.717) is 17.4 Å². The SMILES string of the molecule is Cc1[nH]nc(CN)c1S(=O)(=O)NC1CCN2CCCC12. The van der Waals surface area contributed by atoms with E-state index in [9.17, 15) is 8.42 Å². The molecule has 8 heteroatoms. The Morgan fingerprint density at radius 3 is 3.00 bits per heavy atom. The molecule has 0 spiro atoms. The lowest BCUT2D eigenvalue weighted by Crippen LogP contribution is -2.42. The van der Waals surface area contributed by atoms with Gasteiger partial charge in [-0.25, -0.2) is 13.1 Å². The summed E-state index contributed by atoms with van der Waals surface area (Å²) in [6, 6.07) is 0.348. The fourth-order valence-corrected chi connectivity index (χ4v) is 5.12. The topological polar surface area (TPSA) is 104 Å². The van der Waals surface area contributed by atoms with Crippen molar-refractivity contribution >= 4 is 10.0 Å². The molecule has 2 fully saturated rings. The fraction of sp³-hybridized carbons (Fsp3) is 0.750. The van der Waals surface area contributed by atoms with Crippen molar-refractivity contribution in [1.82, 2.24) is 19.8 Å². The number of fused-ring (bicyclic) bond motifs is 1. The second-order valence-corrected chi connectivity index (χ2v) is 7.24. The van der Waals surface area contributed by atoms with Gasteiger partial charge in [0.15, 0.2) is 0 Å². The number of aryl methyl sites for hydroxylation is 1. The summed E-state index contributed by atoms with van der Waals surface area (Å²) in [6.45, 7) is 3.88. The number of aromatic nitrogens is 2. The molecule has 20 heavy (non-hydrogen) atoms. The van der Waals surface area contributed by atoms with Gasteiger partial charge in [0.25, 0.3) is 0 Å². The molecule has 2 aliphatic heterocycles. The van der Waals surface area contributed by atoms with Gasteiger partial charge in [-0.1, -0.05) is 0 Å². The van der Waals surface area contributed by atoms with Crippen LogP contribution in [0.25, 0.3) is 0 Å². The molecule has 1 aromatic heterocycles. The Kier molecular flexibility index (Phi) is 3.57. The summed E-state index contributed by atoms with van der Waals surface area (Å²) in [6.07, 6.45) is 3.10. The average molecular weight is 299 g/mol. The molecule has 0 aliphatic carbocycles. The van der Waals surface area contributed by atoms with Gasteiger partial charge in [-0.2, -0.15) is 5.10 Å². The van der Waals surface area contributed by atoms with Crippen molar-refractivity contribution in [3.8, 4) is 0 Å². The van der Waals surface area contributed by atoms with Crippen molar-refractivity contribution in [2.45, 2.75) is 49.7 Å². The van der Waals surface area contributed by atoms with E-state index < -0.39 is 10.0 Å². The molecule has 0 bridgehead atoms. The van der Waals surface area contributed by atoms with Gasteiger partial charge in [-0.15, -0.1) is 0 Å². The highest BCUT2D eigenvalue weighted by molar-refractivity contribution is 7.89. The van der Waals surface area contributed by atoms with Crippen LogP contribution in [-0.4, -0.2) is 48.7 Å². The zero-order valence-electron chi connectivity index (χ0n) is 11.6. The number of hydrogen-bond acceptors (Lipinski definition) is 5. The first kappa shape index (κ1) is 14.0. The van der Waals surface area contributed by atoms with Gasteiger partial charge in [0.1, 0.15) is 4.90 Å². The van der Waals surface area contributed by atoms with E-state index in [1.54, 1.807) is 6.92 Å². The first-order valence-electron chi connectivity index (χ1n) is 7.03. The quantitative estimate of drug-likeness (QED) is 0.707. The molecule has 0 radical (unpaired) electrons. The first-order valence-corrected chi connectivity index (χ1v) is 8.51. The van der Waals surface area contributed by atoms with E-state index >= 15 is 0 Å². The molecule has 3 rings (SSSR count). The molecule has 7 nitrogen and oxygen atoms in total. The van der Waals surface area contributed by atoms with Crippen LogP contribution >= 0.6 is 0 Å². The lowest BCUT2D eigenvalue weighted by molar-refractivity contribution is 0.309. The van der Waals surface area contributed by atoms with Gasteiger partial charge >= 0.3 is 0 Å². The summed E-state index contributed by atoms with van der Waals surface area (Å²) in [7, 11) is -3.56. The minimum atomic E-state index is -3.56. The summed E-state index contributed by atoms with van der Waals surface area (Å²) in [4.78, 5) is 2.59. The predicted molar refractivity (Wildman–Crippen MR) is 74.5 cm³/mol. The Morgan fingerprint density at radius 2 is 2.25 bits per heavy atom. The van der Waals surface area contributed by atoms with E-state index in [1.807, 2.05) is 0 Å². The zero-order chi connectivity index (χ0) is 14.3. The van der Waals surface area contributed by atoms with Crippen molar-refractivity contribution in [1.29, 1.82) is 0 Å². The Bertz CT molecular complexity index is 597. The zero-order valence-corrected chi connectivity index (χ0v) is 12.4. The van der Waals surface area contributed by atoms with Gasteiger partial charge in [0.2, 0.25) is 10.0 Å². The number of rotatable bonds is 4. The third-order valence-electron chi connectivity index (χ3n) is 4.34. The molecule has 0 amide bonds. The third-order valence-corrected chi connectivity index (χ3v) is 6.03. The molecule has 2 unspecified atom stereocenters. The van der Waals surface area contributed by atoms with Gasteiger partial charge in [0, 0.05) is 25.2 Å². The number of H-pyrrole nitrogens is 1. The maximum atomic E-state index is 12.6. The van der Waals surface area contributed by atoms with Crippen molar-refractivity contribution in [3.63, 3.8) is 0 Å². The van der Waals surface area contributed by atoms with E-state index in [-0.39, 0.29) is 17.5 Å². The van der Waals surface area contributed by atoms with Gasteiger partial charge < -0.3 is 5.73 Å². The number of hydrogen-bond donors (Lipinski definition) is 3. The Labute approximate surface area is 119 Å². The number of sulfonamides is 1. The molecule has 2 atom stereocenters. The highest BCUT2D eigenvalue weighted by Gasteiger charge is 2.40. The van der Waals surface area contributed by atoms with E-state index in [1.165, 1.54) is 0 Å². The Balaban J connectivity index is 1.84. The minimum absolute atomic E-state index is 0.00224. The monoisotopic (exact) mass is 299 g/mol. The lowest BCUT2D eigenvalue weighted by Gasteiger charge is -2.21. The van der Waals surface area contributed by atoms with Crippen LogP contribution in [0.5, 0.6) is 0 Å². The van der Waals surface area contributed by atoms with Crippen LogP contribution in [0.2, 0.25) is 0 Å². The van der Waals surface area contributed by atoms with Gasteiger partial charge in [0.05, 0.1) is 11.4 Å². The van der Waals surface area contributed by atoms with Gasteiger partial charge in [-0.3, -0.25) is 10.00 Å². The molecule has 3 heterocycles. The number of nitrogens with zero attached hydrogens (tertiary/aromatic N) is 2. The molecule has 2 aliphatic rings. The van der Waals surface area contributed by atoms with Crippen molar-refractivity contribution < 1.29 is 8.42 Å². The van der Waals surface area contributed by atoms with Crippen LogP contribution in [-0.2, 0) is 16.6 Å². The van der Waals surface area contributed by atoms with Crippen LogP contribution in [0.3, 0.4) is 0 Å². The van der Waals surface area contributed by atoms with Crippen LogP contribution in [0.15, 0.2) is 4.90 Å². The van der Waals surface area contributed by atoms with E-state index in [2.05, 4.69) is 19.8 Å². The van der Waals surface area contributed by atoms with E-state index in [4.69, 9.17) is 5.73 Å². The number of aromatic amines is 1. The number of nitrogens with one attached hydrogen (secondary N) is 2. The second kappa shape index (κ2) is 5.10.